The first-order valence-corrected chi connectivity index (χ1v) is 5.12. The third-order valence-electron chi connectivity index (χ3n) is 2.87. The molecule has 0 radical (unpaired) electrons. The second-order valence-corrected chi connectivity index (χ2v) is 4.17. The second kappa shape index (κ2) is 3.94. The molecule has 1 aromatic rings. The summed E-state index contributed by atoms with van der Waals surface area (Å²) < 4.78 is 31.4. The van der Waals surface area contributed by atoms with Gasteiger partial charge in [-0.3, -0.25) is 4.79 Å². The highest BCUT2D eigenvalue weighted by Crippen LogP contribution is 2.33. The molecule has 1 aromatic carbocycles. The summed E-state index contributed by atoms with van der Waals surface area (Å²) in [5.41, 5.74) is -0.330. The molecule has 1 fully saturated rings. The number of hydrogen-bond acceptors (Lipinski definition) is 2. The number of carbonyl (C=O) groups is 1. The Morgan fingerprint density at radius 1 is 1.31 bits per heavy atom. The largest absolute Gasteiger partial charge is 0.370 e. The van der Waals surface area contributed by atoms with Crippen molar-refractivity contribution in [3.8, 4) is 0 Å². The van der Waals surface area contributed by atoms with E-state index in [2.05, 4.69) is 0 Å². The van der Waals surface area contributed by atoms with Crippen LogP contribution in [0.2, 0.25) is 0 Å². The molecule has 0 spiro atoms. The highest BCUT2D eigenvalue weighted by molar-refractivity contribution is 5.80. The van der Waals surface area contributed by atoms with Gasteiger partial charge in [0.05, 0.1) is 12.2 Å². The van der Waals surface area contributed by atoms with Crippen molar-refractivity contribution in [2.75, 3.05) is 6.61 Å². The molecule has 0 saturated carbocycles. The van der Waals surface area contributed by atoms with E-state index in [-0.39, 0.29) is 12.2 Å². The van der Waals surface area contributed by atoms with Crippen LogP contribution in [0.1, 0.15) is 25.3 Å². The van der Waals surface area contributed by atoms with Gasteiger partial charge in [-0.25, -0.2) is 8.78 Å². The molecule has 16 heavy (non-hydrogen) atoms. The fourth-order valence-corrected chi connectivity index (χ4v) is 1.92. The van der Waals surface area contributed by atoms with E-state index in [1.165, 1.54) is 6.07 Å². The van der Waals surface area contributed by atoms with Crippen LogP contribution < -0.4 is 0 Å². The Morgan fingerprint density at radius 3 is 2.69 bits per heavy atom. The van der Waals surface area contributed by atoms with Crippen molar-refractivity contribution in [2.24, 2.45) is 0 Å². The Balaban J connectivity index is 2.34. The SMILES string of the molecule is CC1(c2ccc(F)c(F)c2)CC(=O)CCO1. The summed E-state index contributed by atoms with van der Waals surface area (Å²) in [5.74, 6) is -1.73. The minimum atomic E-state index is -0.916. The van der Waals surface area contributed by atoms with E-state index >= 15 is 0 Å². The van der Waals surface area contributed by atoms with Crippen molar-refractivity contribution < 1.29 is 18.3 Å². The van der Waals surface area contributed by atoms with Crippen LogP contribution in [0.4, 0.5) is 8.78 Å². The van der Waals surface area contributed by atoms with E-state index in [4.69, 9.17) is 4.74 Å². The van der Waals surface area contributed by atoms with Gasteiger partial charge in [0.2, 0.25) is 0 Å². The predicted octanol–water partition coefficient (Wildman–Crippen LogP) is 2.56. The van der Waals surface area contributed by atoms with Crippen LogP contribution in [0.25, 0.3) is 0 Å². The first-order valence-electron chi connectivity index (χ1n) is 5.12. The minimum absolute atomic E-state index is 0.0819. The van der Waals surface area contributed by atoms with E-state index in [1.807, 2.05) is 0 Å². The minimum Gasteiger partial charge on any atom is -0.370 e. The van der Waals surface area contributed by atoms with Crippen molar-refractivity contribution in [1.29, 1.82) is 0 Å². The number of hydrogen-bond donors (Lipinski definition) is 0. The smallest absolute Gasteiger partial charge is 0.159 e. The first kappa shape index (κ1) is 11.2. The number of ketones is 1. The van der Waals surface area contributed by atoms with Gasteiger partial charge in [0.25, 0.3) is 0 Å². The van der Waals surface area contributed by atoms with E-state index in [9.17, 15) is 13.6 Å². The number of rotatable bonds is 1. The fraction of sp³-hybridized carbons (Fsp3) is 0.417. The summed E-state index contributed by atoms with van der Waals surface area (Å²) in [6.07, 6.45) is 0.595. The van der Waals surface area contributed by atoms with E-state index in [0.717, 1.165) is 12.1 Å². The Hall–Kier alpha value is -1.29. The molecule has 86 valence electrons. The van der Waals surface area contributed by atoms with Gasteiger partial charge in [-0.15, -0.1) is 0 Å². The molecule has 1 atom stereocenters. The van der Waals surface area contributed by atoms with Gasteiger partial charge in [-0.2, -0.15) is 0 Å². The highest BCUT2D eigenvalue weighted by Gasteiger charge is 2.34. The lowest BCUT2D eigenvalue weighted by molar-refractivity contribution is -0.138. The molecule has 1 saturated heterocycles. The molecular formula is C12H12F2O2. The number of Topliss-reactive ketones (excluding diaryl/α,β-unsaturated/α-hetero) is 1. The highest BCUT2D eigenvalue weighted by atomic mass is 19.2. The zero-order valence-corrected chi connectivity index (χ0v) is 8.93. The molecule has 2 rings (SSSR count). The standard InChI is InChI=1S/C12H12F2O2/c1-12(7-9(15)4-5-16-12)8-2-3-10(13)11(14)6-8/h2-3,6H,4-5,7H2,1H3. The summed E-state index contributed by atoms with van der Waals surface area (Å²) in [6, 6.07) is 3.60. The maximum Gasteiger partial charge on any atom is 0.159 e. The van der Waals surface area contributed by atoms with E-state index in [1.54, 1.807) is 6.92 Å². The van der Waals surface area contributed by atoms with Gasteiger partial charge in [-0.1, -0.05) is 6.07 Å². The van der Waals surface area contributed by atoms with Crippen molar-refractivity contribution in [3.05, 3.63) is 35.4 Å². The Morgan fingerprint density at radius 2 is 2.06 bits per heavy atom. The maximum atomic E-state index is 13.1. The van der Waals surface area contributed by atoms with Crippen LogP contribution in [0, 0.1) is 11.6 Å². The van der Waals surface area contributed by atoms with E-state index in [0.29, 0.717) is 18.6 Å². The summed E-state index contributed by atoms with van der Waals surface area (Å²) in [6.45, 7) is 2.05. The van der Waals surface area contributed by atoms with Crippen LogP contribution in [0.5, 0.6) is 0 Å². The Bertz CT molecular complexity index is 431. The number of ether oxygens (including phenoxy) is 1. The molecule has 0 aromatic heterocycles. The van der Waals surface area contributed by atoms with Gasteiger partial charge in [0.1, 0.15) is 5.78 Å². The van der Waals surface area contributed by atoms with Gasteiger partial charge in [0, 0.05) is 12.8 Å². The molecule has 1 aliphatic heterocycles. The van der Waals surface area contributed by atoms with Crippen molar-refractivity contribution >= 4 is 5.78 Å². The van der Waals surface area contributed by atoms with Crippen molar-refractivity contribution in [3.63, 3.8) is 0 Å². The zero-order valence-electron chi connectivity index (χ0n) is 8.93. The summed E-state index contributed by atoms with van der Waals surface area (Å²) in [4.78, 5) is 11.4. The number of carbonyl (C=O) groups excluding carboxylic acids is 1. The summed E-state index contributed by atoms with van der Waals surface area (Å²) in [5, 5.41) is 0. The molecular weight excluding hydrogens is 214 g/mol. The zero-order chi connectivity index (χ0) is 11.8. The maximum absolute atomic E-state index is 13.1. The second-order valence-electron chi connectivity index (χ2n) is 4.17. The molecule has 2 nitrogen and oxygen atoms in total. The quantitative estimate of drug-likeness (QED) is 0.735. The predicted molar refractivity (Wildman–Crippen MR) is 53.9 cm³/mol. The third kappa shape index (κ3) is 1.97. The van der Waals surface area contributed by atoms with E-state index < -0.39 is 17.2 Å². The normalized spacial score (nSPS) is 25.8. The van der Waals surface area contributed by atoms with Crippen molar-refractivity contribution in [1.82, 2.24) is 0 Å². The van der Waals surface area contributed by atoms with Gasteiger partial charge in [-0.05, 0) is 24.6 Å². The van der Waals surface area contributed by atoms with Crippen LogP contribution >= 0.6 is 0 Å². The molecule has 0 bridgehead atoms. The topological polar surface area (TPSA) is 26.3 Å². The first-order chi connectivity index (χ1) is 7.51. The molecule has 0 amide bonds. The molecule has 4 heteroatoms. The monoisotopic (exact) mass is 226 g/mol. The van der Waals surface area contributed by atoms with Gasteiger partial charge in [0.15, 0.2) is 11.6 Å². The Kier molecular flexibility index (Phi) is 2.76. The van der Waals surface area contributed by atoms with Gasteiger partial charge >= 0.3 is 0 Å². The van der Waals surface area contributed by atoms with Crippen LogP contribution in [-0.4, -0.2) is 12.4 Å². The van der Waals surface area contributed by atoms with Gasteiger partial charge < -0.3 is 4.74 Å². The van der Waals surface area contributed by atoms with Crippen molar-refractivity contribution in [2.45, 2.75) is 25.4 Å². The summed E-state index contributed by atoms with van der Waals surface area (Å²) in [7, 11) is 0. The summed E-state index contributed by atoms with van der Waals surface area (Å²) >= 11 is 0. The number of benzene rings is 1. The number of halogens is 2. The molecule has 0 N–H and O–H groups in total. The van der Waals surface area contributed by atoms with Crippen LogP contribution in [0.15, 0.2) is 18.2 Å². The van der Waals surface area contributed by atoms with Crippen LogP contribution in [-0.2, 0) is 15.1 Å². The Labute approximate surface area is 92.2 Å². The molecule has 1 heterocycles. The van der Waals surface area contributed by atoms with Crippen LogP contribution in [0.3, 0.4) is 0 Å². The fourth-order valence-electron chi connectivity index (χ4n) is 1.92. The third-order valence-corrected chi connectivity index (χ3v) is 2.87. The lowest BCUT2D eigenvalue weighted by Gasteiger charge is -2.33. The average molecular weight is 226 g/mol. The molecule has 1 aliphatic rings. The average Bonchev–Trinajstić information content (AvgIpc) is 2.21. The lowest BCUT2D eigenvalue weighted by atomic mass is 9.87. The molecule has 0 aliphatic carbocycles. The molecule has 1 unspecified atom stereocenters. The lowest BCUT2D eigenvalue weighted by Crippen LogP contribution is -2.34.